The van der Waals surface area contributed by atoms with E-state index in [4.69, 9.17) is 0 Å². The third-order valence-electron chi connectivity index (χ3n) is 7.46. The fraction of sp³-hybridized carbons (Fsp3) is 0.278. The monoisotopic (exact) mass is 629 g/mol. The van der Waals surface area contributed by atoms with E-state index in [0.29, 0.717) is 17.8 Å². The van der Waals surface area contributed by atoms with E-state index in [1.807, 2.05) is 63.2 Å². The van der Waals surface area contributed by atoms with Crippen molar-refractivity contribution in [2.24, 2.45) is 5.92 Å². The lowest BCUT2D eigenvalue weighted by atomic mass is 10.0. The molecular formula is C36H40FN3O4S. The molecule has 236 valence electrons. The highest BCUT2D eigenvalue weighted by Crippen LogP contribution is 2.26. The predicted molar refractivity (Wildman–Crippen MR) is 176 cm³/mol. The molecule has 0 aliphatic carbocycles. The van der Waals surface area contributed by atoms with Crippen molar-refractivity contribution < 1.29 is 22.4 Å². The van der Waals surface area contributed by atoms with Crippen LogP contribution in [-0.4, -0.2) is 44.3 Å². The average Bonchev–Trinajstić information content (AvgIpc) is 3.05. The second-order valence-corrected chi connectivity index (χ2v) is 13.2. The molecule has 4 aromatic rings. The van der Waals surface area contributed by atoms with Gasteiger partial charge in [0.25, 0.3) is 10.0 Å². The maximum atomic E-state index is 14.4. The molecular weight excluding hydrogens is 589 g/mol. The Hall–Kier alpha value is -4.50. The van der Waals surface area contributed by atoms with Crippen LogP contribution < -0.4 is 9.62 Å². The van der Waals surface area contributed by atoms with Gasteiger partial charge in [-0.1, -0.05) is 93.6 Å². The number of carbonyl (C=O) groups excluding carboxylic acids is 2. The topological polar surface area (TPSA) is 86.8 Å². The normalized spacial score (nSPS) is 12.0. The minimum atomic E-state index is -4.17. The number of anilines is 1. The molecule has 4 rings (SSSR count). The molecule has 0 bridgehead atoms. The Balaban J connectivity index is 1.78. The molecule has 0 spiro atoms. The number of nitrogens with zero attached hydrogens (tertiary/aromatic N) is 2. The van der Waals surface area contributed by atoms with Crippen molar-refractivity contribution in [3.8, 4) is 0 Å². The molecule has 0 fully saturated rings. The van der Waals surface area contributed by atoms with Crippen LogP contribution >= 0.6 is 0 Å². The smallest absolute Gasteiger partial charge is 0.264 e. The standard InChI is InChI=1S/C36H40FN3O4S/c1-4-28-17-21-32(22-18-28)40(45(43,44)33-13-9-6-10-14-33)26-35(41)39(25-30-15-19-31(37)20-16-30)34(36(42)38-24-27(2)3)23-29-11-7-5-8-12-29/h5-22,27,34H,4,23-26H2,1-3H3,(H,38,42)/t34-/m1/s1. The van der Waals surface area contributed by atoms with Gasteiger partial charge in [0.1, 0.15) is 18.4 Å². The van der Waals surface area contributed by atoms with E-state index in [2.05, 4.69) is 5.32 Å². The van der Waals surface area contributed by atoms with E-state index in [-0.39, 0.29) is 29.7 Å². The summed E-state index contributed by atoms with van der Waals surface area (Å²) in [6, 6.07) is 29.1. The maximum Gasteiger partial charge on any atom is 0.264 e. The number of benzene rings is 4. The van der Waals surface area contributed by atoms with Crippen LogP contribution in [0.15, 0.2) is 114 Å². The summed E-state index contributed by atoms with van der Waals surface area (Å²) in [6.07, 6.45) is 0.969. The molecule has 7 nitrogen and oxygen atoms in total. The van der Waals surface area contributed by atoms with Gasteiger partial charge in [0, 0.05) is 19.5 Å². The van der Waals surface area contributed by atoms with Gasteiger partial charge in [-0.3, -0.25) is 13.9 Å². The molecule has 9 heteroatoms. The lowest BCUT2D eigenvalue weighted by molar-refractivity contribution is -0.140. The zero-order chi connectivity index (χ0) is 32.4. The first kappa shape index (κ1) is 33.4. The number of rotatable bonds is 14. The number of hydrogen-bond donors (Lipinski definition) is 1. The molecule has 0 heterocycles. The van der Waals surface area contributed by atoms with Gasteiger partial charge in [-0.25, -0.2) is 12.8 Å². The average molecular weight is 630 g/mol. The van der Waals surface area contributed by atoms with E-state index >= 15 is 0 Å². The number of amides is 2. The first-order chi connectivity index (χ1) is 21.6. The van der Waals surface area contributed by atoms with Crippen molar-refractivity contribution in [1.29, 1.82) is 0 Å². The highest BCUT2D eigenvalue weighted by molar-refractivity contribution is 7.92. The lowest BCUT2D eigenvalue weighted by Crippen LogP contribution is -2.53. The molecule has 0 aliphatic heterocycles. The molecule has 1 atom stereocenters. The second kappa shape index (κ2) is 15.5. The first-order valence-corrected chi connectivity index (χ1v) is 16.5. The molecule has 0 aromatic heterocycles. The van der Waals surface area contributed by atoms with Crippen LogP contribution in [-0.2, 0) is 39.0 Å². The SMILES string of the molecule is CCc1ccc(N(CC(=O)N(Cc2ccc(F)cc2)[C@H](Cc2ccccc2)C(=O)NCC(C)C)S(=O)(=O)c2ccccc2)cc1. The highest BCUT2D eigenvalue weighted by atomic mass is 32.2. The summed E-state index contributed by atoms with van der Waals surface area (Å²) < 4.78 is 43.0. The third kappa shape index (κ3) is 9.01. The van der Waals surface area contributed by atoms with Crippen molar-refractivity contribution in [2.75, 3.05) is 17.4 Å². The van der Waals surface area contributed by atoms with Crippen molar-refractivity contribution in [3.05, 3.63) is 132 Å². The van der Waals surface area contributed by atoms with E-state index in [9.17, 15) is 22.4 Å². The van der Waals surface area contributed by atoms with Gasteiger partial charge in [-0.2, -0.15) is 0 Å². The fourth-order valence-corrected chi connectivity index (χ4v) is 6.34. The van der Waals surface area contributed by atoms with Crippen LogP contribution in [0.2, 0.25) is 0 Å². The number of carbonyl (C=O) groups is 2. The Morgan fingerprint density at radius 2 is 1.36 bits per heavy atom. The van der Waals surface area contributed by atoms with E-state index in [0.717, 1.165) is 21.9 Å². The number of nitrogens with one attached hydrogen (secondary N) is 1. The zero-order valence-electron chi connectivity index (χ0n) is 25.9. The summed E-state index contributed by atoms with van der Waals surface area (Å²) in [4.78, 5) is 29.7. The summed E-state index contributed by atoms with van der Waals surface area (Å²) in [5, 5.41) is 2.96. The Labute approximate surface area is 265 Å². The number of sulfonamides is 1. The van der Waals surface area contributed by atoms with E-state index in [1.165, 1.54) is 29.2 Å². The van der Waals surface area contributed by atoms with Gasteiger partial charge < -0.3 is 10.2 Å². The van der Waals surface area contributed by atoms with Crippen molar-refractivity contribution in [3.63, 3.8) is 0 Å². The molecule has 0 unspecified atom stereocenters. The quantitative estimate of drug-likeness (QED) is 0.186. The molecule has 45 heavy (non-hydrogen) atoms. The van der Waals surface area contributed by atoms with Gasteiger partial charge in [-0.05, 0) is 65.4 Å². The summed E-state index contributed by atoms with van der Waals surface area (Å²) in [5.74, 6) is -1.18. The Morgan fingerprint density at radius 3 is 1.93 bits per heavy atom. The van der Waals surface area contributed by atoms with Crippen molar-refractivity contribution in [2.45, 2.75) is 51.1 Å². The molecule has 0 aliphatic rings. The summed E-state index contributed by atoms with van der Waals surface area (Å²) in [7, 11) is -4.17. The molecule has 1 N–H and O–H groups in total. The lowest BCUT2D eigenvalue weighted by Gasteiger charge is -2.34. The van der Waals surface area contributed by atoms with Crippen molar-refractivity contribution in [1.82, 2.24) is 10.2 Å². The second-order valence-electron chi connectivity index (χ2n) is 11.3. The van der Waals surface area contributed by atoms with Crippen LogP contribution in [0.4, 0.5) is 10.1 Å². The van der Waals surface area contributed by atoms with Gasteiger partial charge in [0.05, 0.1) is 10.6 Å². The maximum absolute atomic E-state index is 14.4. The zero-order valence-corrected chi connectivity index (χ0v) is 26.7. The van der Waals surface area contributed by atoms with Gasteiger partial charge in [0.2, 0.25) is 11.8 Å². The molecule has 0 saturated carbocycles. The summed E-state index contributed by atoms with van der Waals surface area (Å²) in [6.45, 7) is 5.78. The van der Waals surface area contributed by atoms with Gasteiger partial charge >= 0.3 is 0 Å². The largest absolute Gasteiger partial charge is 0.354 e. The molecule has 4 aromatic carbocycles. The van der Waals surface area contributed by atoms with Crippen LogP contribution in [0.1, 0.15) is 37.5 Å². The third-order valence-corrected chi connectivity index (χ3v) is 9.25. The van der Waals surface area contributed by atoms with Crippen LogP contribution in [0.5, 0.6) is 0 Å². The Morgan fingerprint density at radius 1 is 0.778 bits per heavy atom. The van der Waals surface area contributed by atoms with Gasteiger partial charge in [-0.15, -0.1) is 0 Å². The summed E-state index contributed by atoms with van der Waals surface area (Å²) in [5.41, 5.74) is 2.78. The fourth-order valence-electron chi connectivity index (χ4n) is 4.91. The van der Waals surface area contributed by atoms with Crippen LogP contribution in [0, 0.1) is 11.7 Å². The highest BCUT2D eigenvalue weighted by Gasteiger charge is 2.34. The molecule has 2 amide bonds. The van der Waals surface area contributed by atoms with E-state index in [1.54, 1.807) is 42.5 Å². The number of aryl methyl sites for hydroxylation is 1. The van der Waals surface area contributed by atoms with E-state index < -0.39 is 34.3 Å². The summed E-state index contributed by atoms with van der Waals surface area (Å²) >= 11 is 0. The first-order valence-electron chi connectivity index (χ1n) is 15.1. The van der Waals surface area contributed by atoms with Crippen LogP contribution in [0.25, 0.3) is 0 Å². The minimum Gasteiger partial charge on any atom is -0.354 e. The number of hydrogen-bond acceptors (Lipinski definition) is 4. The minimum absolute atomic E-state index is 0.0281. The predicted octanol–water partition coefficient (Wildman–Crippen LogP) is 6.00. The Kier molecular flexibility index (Phi) is 11.5. The van der Waals surface area contributed by atoms with Crippen molar-refractivity contribution >= 4 is 27.5 Å². The Bertz CT molecular complexity index is 1650. The molecule has 0 saturated heterocycles. The van der Waals surface area contributed by atoms with Crippen LogP contribution in [0.3, 0.4) is 0 Å². The number of halogens is 1. The van der Waals surface area contributed by atoms with Gasteiger partial charge in [0.15, 0.2) is 0 Å². The molecule has 0 radical (unpaired) electrons.